The van der Waals surface area contributed by atoms with Crippen LogP contribution in [0.3, 0.4) is 0 Å². The Morgan fingerprint density at radius 2 is 2.00 bits per heavy atom. The number of H-pyrrole nitrogens is 1. The molecule has 3 rings (SSSR count). The van der Waals surface area contributed by atoms with Crippen LogP contribution in [0, 0.1) is 11.6 Å². The number of hydrogen-bond acceptors (Lipinski definition) is 2. The van der Waals surface area contributed by atoms with Gasteiger partial charge in [-0.05, 0) is 65.5 Å². The number of aromatic nitrogens is 1. The van der Waals surface area contributed by atoms with Crippen molar-refractivity contribution in [2.75, 3.05) is 6.54 Å². The molecule has 2 nitrogen and oxygen atoms in total. The van der Waals surface area contributed by atoms with Crippen LogP contribution in [0.25, 0.3) is 21.5 Å². The third kappa shape index (κ3) is 2.95. The van der Waals surface area contributed by atoms with Gasteiger partial charge in [-0.25, -0.2) is 8.78 Å². The van der Waals surface area contributed by atoms with Crippen molar-refractivity contribution in [2.45, 2.75) is 19.3 Å². The highest BCUT2D eigenvalue weighted by molar-refractivity contribution is 9.11. The van der Waals surface area contributed by atoms with Crippen LogP contribution < -0.4 is 5.73 Å². The zero-order chi connectivity index (χ0) is 15.7. The first-order valence-corrected chi connectivity index (χ1v) is 8.66. The molecule has 0 saturated carbocycles. The molecule has 2 aromatic heterocycles. The van der Waals surface area contributed by atoms with E-state index in [0.29, 0.717) is 17.4 Å². The number of fused-ring (bicyclic) bond motifs is 1. The van der Waals surface area contributed by atoms with Crippen molar-refractivity contribution in [1.82, 2.24) is 4.98 Å². The molecule has 0 aliphatic heterocycles. The second-order valence-corrected chi connectivity index (χ2v) is 7.60. The Hall–Kier alpha value is -1.24. The van der Waals surface area contributed by atoms with E-state index in [0.717, 1.165) is 45.2 Å². The van der Waals surface area contributed by atoms with Gasteiger partial charge < -0.3 is 10.7 Å². The molecular formula is C16H15BrF2N2S. The van der Waals surface area contributed by atoms with Crippen LogP contribution in [-0.2, 0) is 6.42 Å². The lowest BCUT2D eigenvalue weighted by Crippen LogP contribution is -1.99. The van der Waals surface area contributed by atoms with Gasteiger partial charge in [0.15, 0.2) is 0 Å². The van der Waals surface area contributed by atoms with E-state index in [4.69, 9.17) is 5.73 Å². The van der Waals surface area contributed by atoms with Crippen molar-refractivity contribution in [2.24, 2.45) is 5.73 Å². The second-order valence-electron chi connectivity index (χ2n) is 5.14. The molecule has 0 atom stereocenters. The topological polar surface area (TPSA) is 41.8 Å². The number of benzene rings is 1. The third-order valence-corrected chi connectivity index (χ3v) is 5.27. The van der Waals surface area contributed by atoms with Crippen LogP contribution in [0.15, 0.2) is 28.1 Å². The molecule has 0 bridgehead atoms. The van der Waals surface area contributed by atoms with Crippen molar-refractivity contribution < 1.29 is 8.78 Å². The Morgan fingerprint density at radius 1 is 1.18 bits per heavy atom. The maximum atomic E-state index is 14.1. The molecular weight excluding hydrogens is 370 g/mol. The second kappa shape index (κ2) is 6.48. The van der Waals surface area contributed by atoms with Crippen LogP contribution in [0.4, 0.5) is 8.78 Å². The first kappa shape index (κ1) is 15.6. The average Bonchev–Trinajstić information content (AvgIpc) is 3.04. The minimum Gasteiger partial charge on any atom is -0.351 e. The molecule has 0 aliphatic rings. The van der Waals surface area contributed by atoms with E-state index in [1.165, 1.54) is 6.07 Å². The SMILES string of the molecule is NCCCCc1c(-c2ccc(Br)s2)[nH]c2c(F)cc(F)cc12. The van der Waals surface area contributed by atoms with Gasteiger partial charge in [0.1, 0.15) is 11.6 Å². The molecule has 0 fully saturated rings. The van der Waals surface area contributed by atoms with E-state index in [2.05, 4.69) is 20.9 Å². The predicted molar refractivity (Wildman–Crippen MR) is 91.2 cm³/mol. The van der Waals surface area contributed by atoms with Crippen molar-refractivity contribution in [3.8, 4) is 10.6 Å². The summed E-state index contributed by atoms with van der Waals surface area (Å²) in [5.74, 6) is -1.11. The standard InChI is InChI=1S/C16H15BrF2N2S/c17-14-5-4-13(22-14)16-10(3-1-2-6-20)11-7-9(18)8-12(19)15(11)21-16/h4-5,7-8,21H,1-3,6,20H2. The molecule has 0 unspecified atom stereocenters. The van der Waals surface area contributed by atoms with Gasteiger partial charge in [0.05, 0.1) is 19.9 Å². The maximum Gasteiger partial charge on any atom is 0.150 e. The summed E-state index contributed by atoms with van der Waals surface area (Å²) < 4.78 is 28.7. The first-order chi connectivity index (χ1) is 10.6. The van der Waals surface area contributed by atoms with Crippen LogP contribution in [0.1, 0.15) is 18.4 Å². The predicted octanol–water partition coefficient (Wildman–Crippen LogP) is 5.22. The molecule has 116 valence electrons. The van der Waals surface area contributed by atoms with Crippen molar-refractivity contribution in [1.29, 1.82) is 0 Å². The van der Waals surface area contributed by atoms with Crippen molar-refractivity contribution in [3.63, 3.8) is 0 Å². The minimum atomic E-state index is -0.558. The average molecular weight is 385 g/mol. The number of unbranched alkanes of at least 4 members (excludes halogenated alkanes) is 1. The van der Waals surface area contributed by atoms with Gasteiger partial charge in [0.25, 0.3) is 0 Å². The molecule has 0 radical (unpaired) electrons. The molecule has 2 heterocycles. The molecule has 0 aliphatic carbocycles. The largest absolute Gasteiger partial charge is 0.351 e. The lowest BCUT2D eigenvalue weighted by Gasteiger charge is -2.03. The minimum absolute atomic E-state index is 0.365. The van der Waals surface area contributed by atoms with E-state index in [9.17, 15) is 8.78 Å². The quantitative estimate of drug-likeness (QED) is 0.581. The molecule has 3 N–H and O–H groups in total. The van der Waals surface area contributed by atoms with Gasteiger partial charge in [0, 0.05) is 11.5 Å². The number of aryl methyl sites for hydroxylation is 1. The summed E-state index contributed by atoms with van der Waals surface area (Å²) in [5.41, 5.74) is 7.74. The van der Waals surface area contributed by atoms with Crippen LogP contribution in [0.5, 0.6) is 0 Å². The van der Waals surface area contributed by atoms with Crippen molar-refractivity contribution >= 4 is 38.2 Å². The Labute approximate surface area is 139 Å². The van der Waals surface area contributed by atoms with Gasteiger partial charge in [0.2, 0.25) is 0 Å². The highest BCUT2D eigenvalue weighted by Gasteiger charge is 2.17. The zero-order valence-corrected chi connectivity index (χ0v) is 14.2. The molecule has 6 heteroatoms. The van der Waals surface area contributed by atoms with E-state index < -0.39 is 11.6 Å². The molecule has 0 amide bonds. The number of aromatic amines is 1. The molecule has 3 aromatic rings. The molecule has 1 aromatic carbocycles. The van der Waals surface area contributed by atoms with E-state index >= 15 is 0 Å². The van der Waals surface area contributed by atoms with Crippen molar-refractivity contribution in [3.05, 3.63) is 45.2 Å². The van der Waals surface area contributed by atoms with Gasteiger partial charge in [-0.2, -0.15) is 0 Å². The fourth-order valence-corrected chi connectivity index (χ4v) is 4.05. The summed E-state index contributed by atoms with van der Waals surface area (Å²) in [6.07, 6.45) is 2.52. The summed E-state index contributed by atoms with van der Waals surface area (Å²) in [5, 5.41) is 0.619. The summed E-state index contributed by atoms with van der Waals surface area (Å²) in [6, 6.07) is 6.24. The van der Waals surface area contributed by atoms with E-state index in [1.54, 1.807) is 11.3 Å². The van der Waals surface area contributed by atoms with E-state index in [1.807, 2.05) is 12.1 Å². The monoisotopic (exact) mass is 384 g/mol. The van der Waals surface area contributed by atoms with Crippen LogP contribution >= 0.6 is 27.3 Å². The summed E-state index contributed by atoms with van der Waals surface area (Å²) in [4.78, 5) is 4.14. The lowest BCUT2D eigenvalue weighted by molar-refractivity contribution is 0.591. The fourth-order valence-electron chi connectivity index (χ4n) is 2.64. The molecule has 22 heavy (non-hydrogen) atoms. The first-order valence-electron chi connectivity index (χ1n) is 7.05. The summed E-state index contributed by atoms with van der Waals surface area (Å²) in [7, 11) is 0. The fraction of sp³-hybridized carbons (Fsp3) is 0.250. The third-order valence-electron chi connectivity index (χ3n) is 3.63. The number of hydrogen-bond donors (Lipinski definition) is 2. The van der Waals surface area contributed by atoms with Gasteiger partial charge in [-0.15, -0.1) is 11.3 Å². The molecule has 0 saturated heterocycles. The molecule has 0 spiro atoms. The Balaban J connectivity index is 2.16. The Kier molecular flexibility index (Phi) is 4.61. The highest BCUT2D eigenvalue weighted by Crippen LogP contribution is 2.37. The Morgan fingerprint density at radius 3 is 2.68 bits per heavy atom. The van der Waals surface area contributed by atoms with Gasteiger partial charge >= 0.3 is 0 Å². The lowest BCUT2D eigenvalue weighted by atomic mass is 10.0. The summed E-state index contributed by atoms with van der Waals surface area (Å²) >= 11 is 5.01. The number of nitrogens with one attached hydrogen (secondary N) is 1. The Bertz CT molecular complexity index is 810. The highest BCUT2D eigenvalue weighted by atomic mass is 79.9. The number of halogens is 3. The summed E-state index contributed by atoms with van der Waals surface area (Å²) in [6.45, 7) is 0.616. The van der Waals surface area contributed by atoms with Crippen LogP contribution in [0.2, 0.25) is 0 Å². The maximum absolute atomic E-state index is 14.1. The normalized spacial score (nSPS) is 11.5. The number of thiophene rings is 1. The smallest absolute Gasteiger partial charge is 0.150 e. The zero-order valence-electron chi connectivity index (χ0n) is 11.8. The number of nitrogens with two attached hydrogens (primary N) is 1. The van der Waals surface area contributed by atoms with Gasteiger partial charge in [-0.1, -0.05) is 0 Å². The number of rotatable bonds is 5. The van der Waals surface area contributed by atoms with E-state index in [-0.39, 0.29) is 0 Å². The van der Waals surface area contributed by atoms with Crippen LogP contribution in [-0.4, -0.2) is 11.5 Å². The van der Waals surface area contributed by atoms with Gasteiger partial charge in [-0.3, -0.25) is 0 Å².